The van der Waals surface area contributed by atoms with E-state index < -0.39 is 0 Å². The van der Waals surface area contributed by atoms with E-state index in [0.717, 1.165) is 4.88 Å². The number of thiophene rings is 1. The molecule has 24 heavy (non-hydrogen) atoms. The summed E-state index contributed by atoms with van der Waals surface area (Å²) in [6.07, 6.45) is 2.02. The van der Waals surface area contributed by atoms with Gasteiger partial charge in [-0.3, -0.25) is 4.79 Å². The maximum Gasteiger partial charge on any atom is 0.310 e. The molecule has 1 aliphatic rings. The van der Waals surface area contributed by atoms with Crippen LogP contribution in [0.5, 0.6) is 5.75 Å². The number of phenolic OH excluding ortho intramolecular Hbond substituents is 1. The van der Waals surface area contributed by atoms with Crippen molar-refractivity contribution in [3.8, 4) is 5.75 Å². The zero-order chi connectivity index (χ0) is 16.5. The van der Waals surface area contributed by atoms with Crippen LogP contribution in [-0.4, -0.2) is 21.7 Å². The van der Waals surface area contributed by atoms with Crippen LogP contribution in [0.3, 0.4) is 0 Å². The molecule has 0 saturated heterocycles. The number of amides is 1. The second-order valence-electron chi connectivity index (χ2n) is 5.43. The molecular formula is C18H14N2O3S. The van der Waals surface area contributed by atoms with E-state index in [9.17, 15) is 9.90 Å². The molecule has 6 heteroatoms. The van der Waals surface area contributed by atoms with E-state index in [4.69, 9.17) is 4.42 Å². The van der Waals surface area contributed by atoms with Gasteiger partial charge in [-0.1, -0.05) is 18.2 Å². The Morgan fingerprint density at radius 3 is 2.79 bits per heavy atom. The minimum absolute atomic E-state index is 0.161. The normalized spacial score (nSPS) is 17.1. The van der Waals surface area contributed by atoms with E-state index in [0.29, 0.717) is 17.7 Å². The van der Waals surface area contributed by atoms with Gasteiger partial charge >= 0.3 is 5.91 Å². The van der Waals surface area contributed by atoms with Crippen molar-refractivity contribution in [2.75, 3.05) is 0 Å². The zero-order valence-electron chi connectivity index (χ0n) is 12.6. The maximum atomic E-state index is 12.7. The summed E-state index contributed by atoms with van der Waals surface area (Å²) < 4.78 is 5.23. The van der Waals surface area contributed by atoms with Crippen molar-refractivity contribution in [3.05, 3.63) is 76.4 Å². The van der Waals surface area contributed by atoms with Gasteiger partial charge in [0.15, 0.2) is 5.76 Å². The lowest BCUT2D eigenvalue weighted by Gasteiger charge is -2.19. The molecule has 0 radical (unpaired) electrons. The highest BCUT2D eigenvalue weighted by molar-refractivity contribution is 7.10. The van der Waals surface area contributed by atoms with Gasteiger partial charge in [-0.2, -0.15) is 5.10 Å². The molecule has 1 aliphatic heterocycles. The van der Waals surface area contributed by atoms with Gasteiger partial charge in [0.1, 0.15) is 5.75 Å². The van der Waals surface area contributed by atoms with E-state index in [1.54, 1.807) is 41.7 Å². The predicted molar refractivity (Wildman–Crippen MR) is 91.2 cm³/mol. The van der Waals surface area contributed by atoms with Crippen LogP contribution < -0.4 is 0 Å². The van der Waals surface area contributed by atoms with E-state index in [-0.39, 0.29) is 23.5 Å². The van der Waals surface area contributed by atoms with Crippen LogP contribution in [0.2, 0.25) is 0 Å². The van der Waals surface area contributed by atoms with Crippen LogP contribution in [-0.2, 0) is 0 Å². The monoisotopic (exact) mass is 338 g/mol. The summed E-state index contributed by atoms with van der Waals surface area (Å²) >= 11 is 1.58. The zero-order valence-corrected chi connectivity index (χ0v) is 13.4. The molecule has 1 atom stereocenters. The Balaban J connectivity index is 1.74. The average Bonchev–Trinajstić information content (AvgIpc) is 3.34. The van der Waals surface area contributed by atoms with Gasteiger partial charge in [0, 0.05) is 16.9 Å². The molecule has 3 aromatic rings. The van der Waals surface area contributed by atoms with Crippen molar-refractivity contribution in [1.29, 1.82) is 0 Å². The van der Waals surface area contributed by atoms with Gasteiger partial charge in [-0.15, -0.1) is 11.3 Å². The summed E-state index contributed by atoms with van der Waals surface area (Å²) in [6, 6.07) is 14.1. The summed E-state index contributed by atoms with van der Waals surface area (Å²) in [7, 11) is 0. The Kier molecular flexibility index (Phi) is 3.66. The summed E-state index contributed by atoms with van der Waals surface area (Å²) in [5.41, 5.74) is 1.33. The van der Waals surface area contributed by atoms with Crippen LogP contribution in [0, 0.1) is 0 Å². The van der Waals surface area contributed by atoms with Crippen molar-refractivity contribution < 1.29 is 14.3 Å². The highest BCUT2D eigenvalue weighted by Crippen LogP contribution is 2.37. The number of phenols is 1. The molecule has 3 heterocycles. The second-order valence-corrected chi connectivity index (χ2v) is 6.41. The third kappa shape index (κ3) is 2.51. The lowest BCUT2D eigenvalue weighted by molar-refractivity contribution is 0.0681. The van der Waals surface area contributed by atoms with Gasteiger partial charge in [-0.05, 0) is 35.7 Å². The van der Waals surface area contributed by atoms with Crippen LogP contribution in [0.25, 0.3) is 0 Å². The number of hydrogen-bond donors (Lipinski definition) is 1. The minimum Gasteiger partial charge on any atom is -0.507 e. The summed E-state index contributed by atoms with van der Waals surface area (Å²) in [5.74, 6) is 0.121. The van der Waals surface area contributed by atoms with E-state index in [1.165, 1.54) is 11.3 Å². The first kappa shape index (κ1) is 14.7. The molecule has 0 spiro atoms. The molecular weight excluding hydrogens is 324 g/mol. The first-order valence-corrected chi connectivity index (χ1v) is 8.38. The van der Waals surface area contributed by atoms with Gasteiger partial charge in [0.05, 0.1) is 18.0 Å². The Morgan fingerprint density at radius 2 is 2.08 bits per heavy atom. The topological polar surface area (TPSA) is 66.0 Å². The quantitative estimate of drug-likeness (QED) is 0.784. The second kappa shape index (κ2) is 5.98. The lowest BCUT2D eigenvalue weighted by Crippen LogP contribution is -2.26. The number of nitrogens with zero attached hydrogens (tertiary/aromatic N) is 2. The molecule has 0 unspecified atom stereocenters. The van der Waals surface area contributed by atoms with Crippen molar-refractivity contribution in [2.24, 2.45) is 5.10 Å². The first-order chi connectivity index (χ1) is 11.7. The molecule has 4 rings (SSSR count). The minimum atomic E-state index is -0.288. The largest absolute Gasteiger partial charge is 0.507 e. The van der Waals surface area contributed by atoms with Crippen molar-refractivity contribution in [3.63, 3.8) is 0 Å². The molecule has 0 fully saturated rings. The van der Waals surface area contributed by atoms with Crippen LogP contribution in [0.1, 0.15) is 33.5 Å². The fraction of sp³-hybridized carbons (Fsp3) is 0.111. The molecule has 1 aromatic carbocycles. The number of rotatable bonds is 3. The van der Waals surface area contributed by atoms with Crippen molar-refractivity contribution in [2.45, 2.75) is 12.5 Å². The number of para-hydroxylation sites is 1. The number of hydrogen-bond acceptors (Lipinski definition) is 5. The third-order valence-electron chi connectivity index (χ3n) is 3.94. The van der Waals surface area contributed by atoms with Crippen molar-refractivity contribution >= 4 is 23.0 Å². The van der Waals surface area contributed by atoms with Gasteiger partial charge in [0.25, 0.3) is 0 Å². The first-order valence-electron chi connectivity index (χ1n) is 7.50. The SMILES string of the molecule is O=C(c1ccco1)N1N=C(c2ccccc2O)C[C@@H]1c1cccs1. The number of benzene rings is 1. The average molecular weight is 338 g/mol. The van der Waals surface area contributed by atoms with Gasteiger partial charge < -0.3 is 9.52 Å². The predicted octanol–water partition coefficient (Wildman–Crippen LogP) is 4.04. The lowest BCUT2D eigenvalue weighted by atomic mass is 10.0. The Labute approximate surface area is 142 Å². The Morgan fingerprint density at radius 1 is 1.21 bits per heavy atom. The van der Waals surface area contributed by atoms with Crippen LogP contribution in [0.4, 0.5) is 0 Å². The Hall–Kier alpha value is -2.86. The van der Waals surface area contributed by atoms with Gasteiger partial charge in [-0.25, -0.2) is 5.01 Å². The van der Waals surface area contributed by atoms with Gasteiger partial charge in [0.2, 0.25) is 0 Å². The summed E-state index contributed by atoms with van der Waals surface area (Å²) in [5, 5.41) is 18.0. The Bertz CT molecular complexity index is 885. The van der Waals surface area contributed by atoms with E-state index in [2.05, 4.69) is 5.10 Å². The molecule has 1 amide bonds. The maximum absolute atomic E-state index is 12.7. The van der Waals surface area contributed by atoms with Crippen LogP contribution >= 0.6 is 11.3 Å². The molecule has 2 aromatic heterocycles. The fourth-order valence-corrected chi connectivity index (χ4v) is 3.61. The number of hydrazone groups is 1. The number of carbonyl (C=O) groups is 1. The number of furan rings is 1. The molecule has 1 N–H and O–H groups in total. The number of aromatic hydroxyl groups is 1. The molecule has 120 valence electrons. The fourth-order valence-electron chi connectivity index (χ4n) is 2.79. The van der Waals surface area contributed by atoms with Crippen LogP contribution in [0.15, 0.2) is 69.7 Å². The van der Waals surface area contributed by atoms with Crippen molar-refractivity contribution in [1.82, 2.24) is 5.01 Å². The highest BCUT2D eigenvalue weighted by atomic mass is 32.1. The molecule has 5 nitrogen and oxygen atoms in total. The molecule has 0 saturated carbocycles. The smallest absolute Gasteiger partial charge is 0.310 e. The van der Waals surface area contributed by atoms with E-state index >= 15 is 0 Å². The molecule has 0 aliphatic carbocycles. The van der Waals surface area contributed by atoms with E-state index in [1.807, 2.05) is 23.6 Å². The standard InChI is InChI=1S/C18H14N2O3S/c21-15-6-2-1-5-12(15)13-11-14(17-8-4-10-24-17)20(19-13)18(22)16-7-3-9-23-16/h1-10,14,21H,11H2/t14-/m1/s1. The third-order valence-corrected chi connectivity index (χ3v) is 4.91. The summed E-state index contributed by atoms with van der Waals surface area (Å²) in [6.45, 7) is 0. The number of carbonyl (C=O) groups excluding carboxylic acids is 1. The highest BCUT2D eigenvalue weighted by Gasteiger charge is 2.35. The summed E-state index contributed by atoms with van der Waals surface area (Å²) in [4.78, 5) is 13.8. The molecule has 0 bridgehead atoms.